The standard InChI is InChI=1S/C27H29N5O2/c1-30-25-12-6-5-11-24(25)29-26(30)18-31-16-23(34-20-22-10-7-13-28-14-22)17-32(27(33)19-31)15-21-8-3-2-4-9-21/h2-14,23H,15-20H2,1H3/t23-/m0/s1. The van der Waals surface area contributed by atoms with E-state index in [9.17, 15) is 4.79 Å². The van der Waals surface area contributed by atoms with Crippen LogP contribution in [-0.2, 0) is 36.3 Å². The first-order valence-corrected chi connectivity index (χ1v) is 11.6. The molecule has 7 heteroatoms. The maximum Gasteiger partial charge on any atom is 0.237 e. The smallest absolute Gasteiger partial charge is 0.237 e. The van der Waals surface area contributed by atoms with Crippen LogP contribution in [0.25, 0.3) is 11.0 Å². The molecule has 1 fully saturated rings. The van der Waals surface area contributed by atoms with E-state index >= 15 is 0 Å². The van der Waals surface area contributed by atoms with Crippen molar-refractivity contribution in [2.75, 3.05) is 19.6 Å². The molecule has 2 aromatic carbocycles. The van der Waals surface area contributed by atoms with Gasteiger partial charge in [-0.2, -0.15) is 0 Å². The average Bonchev–Trinajstić information content (AvgIpc) is 3.09. The number of amides is 1. The van der Waals surface area contributed by atoms with Crippen LogP contribution in [0.3, 0.4) is 0 Å². The second-order valence-electron chi connectivity index (χ2n) is 8.80. The van der Waals surface area contributed by atoms with Gasteiger partial charge in [0.15, 0.2) is 0 Å². The molecular weight excluding hydrogens is 426 g/mol. The van der Waals surface area contributed by atoms with Crippen molar-refractivity contribution >= 4 is 16.9 Å². The van der Waals surface area contributed by atoms with Crippen LogP contribution < -0.4 is 0 Å². The predicted octanol–water partition coefficient (Wildman–Crippen LogP) is 3.40. The van der Waals surface area contributed by atoms with Crippen molar-refractivity contribution in [3.8, 4) is 0 Å². The third kappa shape index (κ3) is 5.16. The average molecular weight is 456 g/mol. The van der Waals surface area contributed by atoms with Crippen LogP contribution in [-0.4, -0.2) is 56.0 Å². The number of carbonyl (C=O) groups is 1. The Morgan fingerprint density at radius 1 is 0.941 bits per heavy atom. The fraction of sp³-hybridized carbons (Fsp3) is 0.296. The van der Waals surface area contributed by atoms with E-state index in [1.54, 1.807) is 6.20 Å². The number of hydrogen-bond acceptors (Lipinski definition) is 5. The first-order valence-electron chi connectivity index (χ1n) is 11.6. The lowest BCUT2D eigenvalue weighted by atomic mass is 10.2. The first kappa shape index (κ1) is 22.3. The predicted molar refractivity (Wildman–Crippen MR) is 131 cm³/mol. The van der Waals surface area contributed by atoms with Gasteiger partial charge in [-0.15, -0.1) is 0 Å². The highest BCUT2D eigenvalue weighted by atomic mass is 16.5. The molecule has 1 saturated heterocycles. The van der Waals surface area contributed by atoms with Crippen LogP contribution in [0.2, 0.25) is 0 Å². The lowest BCUT2D eigenvalue weighted by Gasteiger charge is -2.25. The summed E-state index contributed by atoms with van der Waals surface area (Å²) in [6.45, 7) is 3.16. The van der Waals surface area contributed by atoms with Gasteiger partial charge in [-0.3, -0.25) is 14.7 Å². The summed E-state index contributed by atoms with van der Waals surface area (Å²) in [6, 6.07) is 22.1. The van der Waals surface area contributed by atoms with Crippen molar-refractivity contribution in [3.63, 3.8) is 0 Å². The quantitative estimate of drug-likeness (QED) is 0.427. The maximum absolute atomic E-state index is 13.3. The second kappa shape index (κ2) is 10.2. The molecule has 0 radical (unpaired) electrons. The summed E-state index contributed by atoms with van der Waals surface area (Å²) in [6.07, 6.45) is 3.46. The Balaban J connectivity index is 1.35. The van der Waals surface area contributed by atoms with Crippen LogP contribution in [0.1, 0.15) is 17.0 Å². The number of aromatic nitrogens is 3. The molecule has 2 aromatic heterocycles. The molecule has 1 aliphatic rings. The minimum atomic E-state index is -0.120. The summed E-state index contributed by atoms with van der Waals surface area (Å²) in [7, 11) is 2.03. The minimum absolute atomic E-state index is 0.107. The summed E-state index contributed by atoms with van der Waals surface area (Å²) in [5.74, 6) is 1.05. The highest BCUT2D eigenvalue weighted by Gasteiger charge is 2.29. The third-order valence-electron chi connectivity index (χ3n) is 6.27. The topological polar surface area (TPSA) is 63.5 Å². The zero-order valence-corrected chi connectivity index (χ0v) is 19.4. The van der Waals surface area contributed by atoms with E-state index < -0.39 is 0 Å². The second-order valence-corrected chi connectivity index (χ2v) is 8.80. The van der Waals surface area contributed by atoms with Gasteiger partial charge in [-0.05, 0) is 29.3 Å². The number of ether oxygens (including phenoxy) is 1. The van der Waals surface area contributed by atoms with E-state index in [1.165, 1.54) is 0 Å². The molecule has 34 heavy (non-hydrogen) atoms. The van der Waals surface area contributed by atoms with Crippen LogP contribution >= 0.6 is 0 Å². The number of nitrogens with zero attached hydrogens (tertiary/aromatic N) is 5. The molecule has 5 rings (SSSR count). The van der Waals surface area contributed by atoms with Crippen LogP contribution in [0.15, 0.2) is 79.1 Å². The molecule has 0 saturated carbocycles. The Labute approximate surface area is 199 Å². The molecule has 0 aliphatic carbocycles. The molecule has 1 amide bonds. The van der Waals surface area contributed by atoms with Crippen LogP contribution in [0.5, 0.6) is 0 Å². The summed E-state index contributed by atoms with van der Waals surface area (Å²) in [5.41, 5.74) is 4.20. The SMILES string of the molecule is Cn1c(CN2CC(=O)N(Cc3ccccc3)C[C@@H](OCc3cccnc3)C2)nc2ccccc21. The number of para-hydroxylation sites is 2. The zero-order chi connectivity index (χ0) is 23.3. The highest BCUT2D eigenvalue weighted by Crippen LogP contribution is 2.19. The molecule has 7 nitrogen and oxygen atoms in total. The number of hydrogen-bond donors (Lipinski definition) is 0. The molecular formula is C27H29N5O2. The van der Waals surface area contributed by atoms with Gasteiger partial charge in [-0.25, -0.2) is 4.98 Å². The van der Waals surface area contributed by atoms with E-state index in [-0.39, 0.29) is 12.0 Å². The molecule has 0 spiro atoms. The number of rotatable bonds is 7. The normalized spacial score (nSPS) is 17.3. The van der Waals surface area contributed by atoms with Crippen molar-refractivity contribution in [1.29, 1.82) is 0 Å². The van der Waals surface area contributed by atoms with Gasteiger partial charge in [0.25, 0.3) is 0 Å². The third-order valence-corrected chi connectivity index (χ3v) is 6.27. The van der Waals surface area contributed by atoms with Gasteiger partial charge in [0.1, 0.15) is 5.82 Å². The van der Waals surface area contributed by atoms with Gasteiger partial charge in [0.2, 0.25) is 5.91 Å². The molecule has 4 aromatic rings. The summed E-state index contributed by atoms with van der Waals surface area (Å²) < 4.78 is 8.43. The number of imidazole rings is 1. The highest BCUT2D eigenvalue weighted by molar-refractivity contribution is 5.79. The Morgan fingerprint density at radius 3 is 2.53 bits per heavy atom. The van der Waals surface area contributed by atoms with Gasteiger partial charge in [0.05, 0.1) is 36.8 Å². The fourth-order valence-corrected chi connectivity index (χ4v) is 4.47. The van der Waals surface area contributed by atoms with E-state index in [0.717, 1.165) is 28.0 Å². The molecule has 174 valence electrons. The van der Waals surface area contributed by atoms with Crippen molar-refractivity contribution in [2.45, 2.75) is 25.8 Å². The van der Waals surface area contributed by atoms with E-state index in [2.05, 4.69) is 32.7 Å². The Morgan fingerprint density at radius 2 is 1.74 bits per heavy atom. The summed E-state index contributed by atoms with van der Waals surface area (Å²) >= 11 is 0. The Kier molecular flexibility index (Phi) is 6.65. The number of fused-ring (bicyclic) bond motifs is 1. The zero-order valence-electron chi connectivity index (χ0n) is 19.4. The Bertz CT molecular complexity index is 1240. The summed E-state index contributed by atoms with van der Waals surface area (Å²) in [4.78, 5) is 26.4. The number of pyridine rings is 1. The van der Waals surface area contributed by atoms with Gasteiger partial charge in [-0.1, -0.05) is 48.5 Å². The molecule has 0 unspecified atom stereocenters. The molecule has 1 atom stereocenters. The maximum atomic E-state index is 13.3. The van der Waals surface area contributed by atoms with E-state index in [4.69, 9.17) is 9.72 Å². The molecule has 1 aliphatic heterocycles. The lowest BCUT2D eigenvalue weighted by Crippen LogP contribution is -2.37. The van der Waals surface area contributed by atoms with Crippen molar-refractivity contribution in [3.05, 3.63) is 96.1 Å². The lowest BCUT2D eigenvalue weighted by molar-refractivity contribution is -0.132. The molecule has 3 heterocycles. The van der Waals surface area contributed by atoms with E-state index in [0.29, 0.717) is 39.3 Å². The summed E-state index contributed by atoms with van der Waals surface area (Å²) in [5, 5.41) is 0. The molecule has 0 bridgehead atoms. The first-order chi connectivity index (χ1) is 16.7. The Hall–Kier alpha value is -3.55. The van der Waals surface area contributed by atoms with Crippen molar-refractivity contribution in [1.82, 2.24) is 24.3 Å². The number of aryl methyl sites for hydroxylation is 1. The number of benzene rings is 2. The largest absolute Gasteiger partial charge is 0.370 e. The van der Waals surface area contributed by atoms with Gasteiger partial charge < -0.3 is 14.2 Å². The number of carbonyl (C=O) groups excluding carboxylic acids is 1. The van der Waals surface area contributed by atoms with E-state index in [1.807, 2.05) is 66.7 Å². The van der Waals surface area contributed by atoms with Crippen LogP contribution in [0.4, 0.5) is 0 Å². The fourth-order valence-electron chi connectivity index (χ4n) is 4.47. The van der Waals surface area contributed by atoms with Crippen molar-refractivity contribution < 1.29 is 9.53 Å². The van der Waals surface area contributed by atoms with Crippen molar-refractivity contribution in [2.24, 2.45) is 7.05 Å². The molecule has 0 N–H and O–H groups in total. The van der Waals surface area contributed by atoms with Gasteiger partial charge in [0, 0.05) is 39.1 Å². The minimum Gasteiger partial charge on any atom is -0.370 e. The monoisotopic (exact) mass is 455 g/mol. The van der Waals surface area contributed by atoms with Crippen LogP contribution in [0, 0.1) is 0 Å². The van der Waals surface area contributed by atoms with Gasteiger partial charge >= 0.3 is 0 Å².